The van der Waals surface area contributed by atoms with Crippen LogP contribution in [0.15, 0.2) is 88.0 Å². The molecule has 0 spiro atoms. The van der Waals surface area contributed by atoms with Crippen molar-refractivity contribution in [3.8, 4) is 5.75 Å². The molecule has 3 aromatic rings. The van der Waals surface area contributed by atoms with Crippen molar-refractivity contribution >= 4 is 51.4 Å². The highest BCUT2D eigenvalue weighted by Crippen LogP contribution is 2.22. The highest BCUT2D eigenvalue weighted by molar-refractivity contribution is 9.10. The highest BCUT2D eigenvalue weighted by atomic mass is 79.9. The van der Waals surface area contributed by atoms with Crippen molar-refractivity contribution < 1.29 is 19.1 Å². The van der Waals surface area contributed by atoms with Crippen molar-refractivity contribution in [2.75, 3.05) is 0 Å². The summed E-state index contributed by atoms with van der Waals surface area (Å²) in [6.07, 6.45) is 1.61. The fraction of sp³-hybridized carbons (Fsp3) is 0. The molecule has 7 heteroatoms. The third-order valence-corrected chi connectivity index (χ3v) is 4.87. The Balaban J connectivity index is 1.49. The number of esters is 2. The van der Waals surface area contributed by atoms with Crippen LogP contribution in [-0.4, -0.2) is 17.8 Å². The first-order valence-electron chi connectivity index (χ1n) is 8.84. The fourth-order valence-corrected chi connectivity index (χ4v) is 3.32. The Hall–Kier alpha value is -3.22. The molecule has 1 aliphatic heterocycles. The van der Waals surface area contributed by atoms with Crippen LogP contribution in [0.2, 0.25) is 5.02 Å². The summed E-state index contributed by atoms with van der Waals surface area (Å²) < 4.78 is 11.5. The zero-order valence-corrected chi connectivity index (χ0v) is 17.7. The number of carbonyl (C=O) groups excluding carboxylic acids is 2. The quantitative estimate of drug-likeness (QED) is 0.273. The van der Waals surface area contributed by atoms with Crippen molar-refractivity contribution in [1.82, 2.24) is 0 Å². The minimum absolute atomic E-state index is 0.189. The summed E-state index contributed by atoms with van der Waals surface area (Å²) >= 11 is 9.28. The predicted octanol–water partition coefficient (Wildman–Crippen LogP) is 5.67. The summed E-state index contributed by atoms with van der Waals surface area (Å²) in [5.41, 5.74) is 1.96. The second kappa shape index (κ2) is 8.65. The van der Waals surface area contributed by atoms with Crippen LogP contribution in [0, 0.1) is 0 Å². The molecule has 1 heterocycles. The average Bonchev–Trinajstić information content (AvgIpc) is 3.10. The summed E-state index contributed by atoms with van der Waals surface area (Å²) in [5.74, 6) is -0.415. The SMILES string of the molecule is O=C1OC(c2cccc(Br)c2)=N/C1=C/c1ccc(OC(=O)c2cccc(Cl)c2)cc1. The Morgan fingerprint density at radius 3 is 2.53 bits per heavy atom. The van der Waals surface area contributed by atoms with Gasteiger partial charge in [0.05, 0.1) is 5.56 Å². The third-order valence-electron chi connectivity index (χ3n) is 4.15. The van der Waals surface area contributed by atoms with Gasteiger partial charge >= 0.3 is 11.9 Å². The molecule has 0 fully saturated rings. The smallest absolute Gasteiger partial charge is 0.363 e. The van der Waals surface area contributed by atoms with Crippen molar-refractivity contribution in [2.45, 2.75) is 0 Å². The normalized spacial score (nSPS) is 14.4. The summed E-state index contributed by atoms with van der Waals surface area (Å²) in [7, 11) is 0. The minimum atomic E-state index is -0.526. The van der Waals surface area contributed by atoms with Gasteiger partial charge in [-0.25, -0.2) is 14.6 Å². The second-order valence-electron chi connectivity index (χ2n) is 6.32. The van der Waals surface area contributed by atoms with Crippen LogP contribution in [0.1, 0.15) is 21.5 Å². The first kappa shape index (κ1) is 20.1. The molecule has 30 heavy (non-hydrogen) atoms. The molecule has 0 amide bonds. The molecule has 1 aliphatic rings. The molecule has 0 saturated carbocycles. The Labute approximate surface area is 185 Å². The number of benzene rings is 3. The van der Waals surface area contributed by atoms with E-state index in [1.54, 1.807) is 48.5 Å². The summed E-state index contributed by atoms with van der Waals surface area (Å²) in [6.45, 7) is 0. The molecular weight excluding hydrogens is 470 g/mol. The molecule has 0 aromatic heterocycles. The van der Waals surface area contributed by atoms with E-state index >= 15 is 0 Å². The van der Waals surface area contributed by atoms with Crippen LogP contribution in [-0.2, 0) is 9.53 Å². The first-order chi connectivity index (χ1) is 14.5. The summed E-state index contributed by atoms with van der Waals surface area (Å²) in [6, 6.07) is 20.6. The highest BCUT2D eigenvalue weighted by Gasteiger charge is 2.24. The Morgan fingerprint density at radius 1 is 1.03 bits per heavy atom. The fourth-order valence-electron chi connectivity index (χ4n) is 2.73. The molecule has 0 bridgehead atoms. The van der Waals surface area contributed by atoms with Crippen LogP contribution >= 0.6 is 27.5 Å². The van der Waals surface area contributed by atoms with Gasteiger partial charge in [-0.2, -0.15) is 0 Å². The largest absolute Gasteiger partial charge is 0.423 e. The number of rotatable bonds is 4. The molecule has 5 nitrogen and oxygen atoms in total. The lowest BCUT2D eigenvalue weighted by Crippen LogP contribution is -2.08. The zero-order chi connectivity index (χ0) is 21.1. The van der Waals surface area contributed by atoms with Gasteiger partial charge in [-0.05, 0) is 60.2 Å². The van der Waals surface area contributed by atoms with Gasteiger partial charge in [0.15, 0.2) is 5.70 Å². The van der Waals surface area contributed by atoms with Crippen LogP contribution < -0.4 is 4.74 Å². The molecule has 0 saturated heterocycles. The van der Waals surface area contributed by atoms with E-state index in [9.17, 15) is 9.59 Å². The van der Waals surface area contributed by atoms with E-state index < -0.39 is 11.9 Å². The molecule has 0 radical (unpaired) electrons. The standard InChI is InChI=1S/C23H13BrClNO4/c24-17-5-1-3-15(12-17)21-26-20(23(28)30-21)11-14-7-9-19(10-8-14)29-22(27)16-4-2-6-18(25)13-16/h1-13H/b20-11+. The molecule has 0 unspecified atom stereocenters. The molecule has 0 N–H and O–H groups in total. The van der Waals surface area contributed by atoms with E-state index in [1.165, 1.54) is 6.07 Å². The van der Waals surface area contributed by atoms with Crippen molar-refractivity contribution in [3.63, 3.8) is 0 Å². The molecule has 3 aromatic carbocycles. The van der Waals surface area contributed by atoms with E-state index in [1.807, 2.05) is 24.3 Å². The molecule has 4 rings (SSSR count). The zero-order valence-electron chi connectivity index (χ0n) is 15.3. The third kappa shape index (κ3) is 4.67. The number of nitrogens with zero attached hydrogens (tertiary/aromatic N) is 1. The van der Waals surface area contributed by atoms with Gasteiger partial charge < -0.3 is 9.47 Å². The molecule has 0 aliphatic carbocycles. The van der Waals surface area contributed by atoms with Gasteiger partial charge in [0.25, 0.3) is 0 Å². The van der Waals surface area contributed by atoms with E-state index in [2.05, 4.69) is 20.9 Å². The Bertz CT molecular complexity index is 1200. The van der Waals surface area contributed by atoms with Crippen molar-refractivity contribution in [1.29, 1.82) is 0 Å². The minimum Gasteiger partial charge on any atom is -0.423 e. The average molecular weight is 483 g/mol. The van der Waals surface area contributed by atoms with E-state index in [0.717, 1.165) is 4.47 Å². The van der Waals surface area contributed by atoms with Gasteiger partial charge in [-0.3, -0.25) is 0 Å². The number of cyclic esters (lactones) is 1. The second-order valence-corrected chi connectivity index (χ2v) is 7.67. The van der Waals surface area contributed by atoms with Gasteiger partial charge in [-0.1, -0.05) is 51.8 Å². The van der Waals surface area contributed by atoms with E-state index in [4.69, 9.17) is 21.1 Å². The lowest BCUT2D eigenvalue weighted by molar-refractivity contribution is -0.129. The van der Waals surface area contributed by atoms with Crippen molar-refractivity contribution in [2.24, 2.45) is 4.99 Å². The van der Waals surface area contributed by atoms with Gasteiger partial charge in [0.1, 0.15) is 5.75 Å². The van der Waals surface area contributed by atoms with Gasteiger partial charge in [0, 0.05) is 15.1 Å². The van der Waals surface area contributed by atoms with Crippen LogP contribution in [0.25, 0.3) is 6.08 Å². The number of halogens is 2. The summed E-state index contributed by atoms with van der Waals surface area (Å²) in [4.78, 5) is 28.6. The number of hydrogen-bond acceptors (Lipinski definition) is 5. The monoisotopic (exact) mass is 481 g/mol. The Morgan fingerprint density at radius 2 is 1.80 bits per heavy atom. The Kier molecular flexibility index (Phi) is 5.79. The molecular formula is C23H13BrClNO4. The molecule has 0 atom stereocenters. The molecule has 148 valence electrons. The first-order valence-corrected chi connectivity index (χ1v) is 10.0. The van der Waals surface area contributed by atoms with E-state index in [-0.39, 0.29) is 11.6 Å². The maximum Gasteiger partial charge on any atom is 0.363 e. The van der Waals surface area contributed by atoms with Crippen molar-refractivity contribution in [3.05, 3.63) is 105 Å². The predicted molar refractivity (Wildman–Crippen MR) is 118 cm³/mol. The lowest BCUT2D eigenvalue weighted by atomic mass is 10.2. The maximum absolute atomic E-state index is 12.2. The van der Waals surface area contributed by atoms with Crippen LogP contribution in [0.3, 0.4) is 0 Å². The van der Waals surface area contributed by atoms with Crippen LogP contribution in [0.4, 0.5) is 0 Å². The van der Waals surface area contributed by atoms with Crippen LogP contribution in [0.5, 0.6) is 5.75 Å². The summed E-state index contributed by atoms with van der Waals surface area (Å²) in [5, 5.41) is 0.456. The number of hydrogen-bond donors (Lipinski definition) is 0. The van der Waals surface area contributed by atoms with E-state index in [0.29, 0.717) is 27.5 Å². The number of aliphatic imine (C=N–C) groups is 1. The topological polar surface area (TPSA) is 65.0 Å². The van der Waals surface area contributed by atoms with Gasteiger partial charge in [-0.15, -0.1) is 0 Å². The number of carbonyl (C=O) groups is 2. The lowest BCUT2D eigenvalue weighted by Gasteiger charge is -2.05. The van der Waals surface area contributed by atoms with Gasteiger partial charge in [0.2, 0.25) is 5.90 Å². The number of ether oxygens (including phenoxy) is 2. The maximum atomic E-state index is 12.2.